The van der Waals surface area contributed by atoms with Gasteiger partial charge in [0.2, 0.25) is 0 Å². The summed E-state index contributed by atoms with van der Waals surface area (Å²) in [6, 6.07) is 8.46. The Morgan fingerprint density at radius 3 is 2.45 bits per heavy atom. The van der Waals surface area contributed by atoms with E-state index < -0.39 is 0 Å². The Kier molecular flexibility index (Phi) is 8.31. The molecule has 0 aliphatic rings. The third kappa shape index (κ3) is 4.80. The number of para-hydroxylation sites is 1. The Morgan fingerprint density at radius 1 is 1.10 bits per heavy atom. The minimum absolute atomic E-state index is 0.160. The van der Waals surface area contributed by atoms with E-state index in [1.165, 1.54) is 5.56 Å². The van der Waals surface area contributed by atoms with Gasteiger partial charge < -0.3 is 14.8 Å². The van der Waals surface area contributed by atoms with E-state index in [0.29, 0.717) is 0 Å². The zero-order valence-electron chi connectivity index (χ0n) is 13.3. The average Bonchev–Trinajstić information content (AvgIpc) is 2.50. The summed E-state index contributed by atoms with van der Waals surface area (Å²) >= 11 is 0. The van der Waals surface area contributed by atoms with Crippen LogP contribution in [0.3, 0.4) is 0 Å². The molecule has 0 bridgehead atoms. The molecule has 3 heteroatoms. The van der Waals surface area contributed by atoms with E-state index in [2.05, 4.69) is 38.2 Å². The fourth-order valence-corrected chi connectivity index (χ4v) is 2.36. The van der Waals surface area contributed by atoms with Crippen LogP contribution in [0, 0.1) is 0 Å². The van der Waals surface area contributed by atoms with Crippen LogP contribution in [0.15, 0.2) is 24.3 Å². The molecule has 1 N–H and O–H groups in total. The van der Waals surface area contributed by atoms with Crippen LogP contribution in [0.2, 0.25) is 0 Å². The molecule has 0 saturated heterocycles. The standard InChI is InChI=1S/C17H29NO2/c1-5-12-18-17(15(7-3)19-4)14-10-8-9-11-16(14)20-13-6-2/h8-11,15,17-18H,5-7,12-13H2,1-4H3. The van der Waals surface area contributed by atoms with Crippen molar-refractivity contribution in [2.75, 3.05) is 20.3 Å². The van der Waals surface area contributed by atoms with Gasteiger partial charge in [-0.1, -0.05) is 39.0 Å². The zero-order valence-corrected chi connectivity index (χ0v) is 13.3. The number of methoxy groups -OCH3 is 1. The first-order valence-electron chi connectivity index (χ1n) is 7.76. The van der Waals surface area contributed by atoms with Crippen molar-refractivity contribution in [3.8, 4) is 5.75 Å². The Balaban J connectivity index is 2.98. The summed E-state index contributed by atoms with van der Waals surface area (Å²) < 4.78 is 11.5. The summed E-state index contributed by atoms with van der Waals surface area (Å²) in [5, 5.41) is 3.60. The summed E-state index contributed by atoms with van der Waals surface area (Å²) in [7, 11) is 1.78. The molecule has 3 nitrogen and oxygen atoms in total. The molecule has 0 spiro atoms. The molecule has 2 unspecified atom stereocenters. The van der Waals surface area contributed by atoms with Crippen LogP contribution in [0.5, 0.6) is 5.75 Å². The molecule has 0 saturated carbocycles. The number of hydrogen-bond donors (Lipinski definition) is 1. The van der Waals surface area contributed by atoms with E-state index in [4.69, 9.17) is 9.47 Å². The second-order valence-electron chi connectivity index (χ2n) is 5.00. The summed E-state index contributed by atoms with van der Waals surface area (Å²) in [6.07, 6.45) is 3.25. The van der Waals surface area contributed by atoms with E-state index in [1.54, 1.807) is 7.11 Å². The first-order valence-corrected chi connectivity index (χ1v) is 7.76. The van der Waals surface area contributed by atoms with Crippen molar-refractivity contribution in [2.24, 2.45) is 0 Å². The number of nitrogens with one attached hydrogen (secondary N) is 1. The van der Waals surface area contributed by atoms with Crippen molar-refractivity contribution in [3.63, 3.8) is 0 Å². The molecule has 114 valence electrons. The van der Waals surface area contributed by atoms with Crippen molar-refractivity contribution in [1.29, 1.82) is 0 Å². The summed E-state index contributed by atoms with van der Waals surface area (Å²) in [5.41, 5.74) is 1.20. The fourth-order valence-electron chi connectivity index (χ4n) is 2.36. The summed E-state index contributed by atoms with van der Waals surface area (Å²) in [6.45, 7) is 8.19. The molecule has 2 atom stereocenters. The molecule has 20 heavy (non-hydrogen) atoms. The highest BCUT2D eigenvalue weighted by molar-refractivity contribution is 5.36. The normalized spacial score (nSPS) is 14.0. The van der Waals surface area contributed by atoms with Crippen molar-refractivity contribution >= 4 is 0 Å². The van der Waals surface area contributed by atoms with Crippen molar-refractivity contribution in [3.05, 3.63) is 29.8 Å². The second kappa shape index (κ2) is 9.78. The highest BCUT2D eigenvalue weighted by atomic mass is 16.5. The molecule has 0 radical (unpaired) electrons. The molecule has 1 aromatic carbocycles. The van der Waals surface area contributed by atoms with E-state index in [-0.39, 0.29) is 12.1 Å². The predicted octanol–water partition coefficient (Wildman–Crippen LogP) is 3.94. The first-order chi connectivity index (χ1) is 9.78. The highest BCUT2D eigenvalue weighted by Crippen LogP contribution is 2.29. The van der Waals surface area contributed by atoms with E-state index in [9.17, 15) is 0 Å². The largest absolute Gasteiger partial charge is 0.493 e. The smallest absolute Gasteiger partial charge is 0.124 e. The van der Waals surface area contributed by atoms with Gasteiger partial charge in [0.1, 0.15) is 5.75 Å². The van der Waals surface area contributed by atoms with Crippen LogP contribution in [0.1, 0.15) is 51.6 Å². The van der Waals surface area contributed by atoms with Gasteiger partial charge in [-0.2, -0.15) is 0 Å². The van der Waals surface area contributed by atoms with Gasteiger partial charge in [-0.3, -0.25) is 0 Å². The van der Waals surface area contributed by atoms with Gasteiger partial charge in [-0.05, 0) is 31.9 Å². The number of ether oxygens (including phenoxy) is 2. The molecule has 0 aliphatic heterocycles. The fraction of sp³-hybridized carbons (Fsp3) is 0.647. The topological polar surface area (TPSA) is 30.5 Å². The maximum Gasteiger partial charge on any atom is 0.124 e. The van der Waals surface area contributed by atoms with Crippen LogP contribution in [0.4, 0.5) is 0 Å². The van der Waals surface area contributed by atoms with Gasteiger partial charge in [-0.25, -0.2) is 0 Å². The van der Waals surface area contributed by atoms with E-state index >= 15 is 0 Å². The van der Waals surface area contributed by atoms with Crippen LogP contribution < -0.4 is 10.1 Å². The van der Waals surface area contributed by atoms with Gasteiger partial charge in [-0.15, -0.1) is 0 Å². The molecule has 0 aromatic heterocycles. The van der Waals surface area contributed by atoms with Gasteiger partial charge in [0.05, 0.1) is 18.8 Å². The van der Waals surface area contributed by atoms with E-state index in [1.807, 2.05) is 12.1 Å². The van der Waals surface area contributed by atoms with Gasteiger partial charge in [0, 0.05) is 12.7 Å². The monoisotopic (exact) mass is 279 g/mol. The number of rotatable bonds is 10. The lowest BCUT2D eigenvalue weighted by Gasteiger charge is -2.28. The summed E-state index contributed by atoms with van der Waals surface area (Å²) in [5.74, 6) is 0.971. The van der Waals surface area contributed by atoms with Crippen molar-refractivity contribution < 1.29 is 9.47 Å². The van der Waals surface area contributed by atoms with Crippen LogP contribution in [-0.2, 0) is 4.74 Å². The first kappa shape index (κ1) is 17.0. The number of benzene rings is 1. The lowest BCUT2D eigenvalue weighted by atomic mass is 9.98. The Bertz CT molecular complexity index is 364. The molecule has 1 rings (SSSR count). The maximum absolute atomic E-state index is 5.89. The Morgan fingerprint density at radius 2 is 1.85 bits per heavy atom. The SMILES string of the molecule is CCCNC(c1ccccc1OCCC)C(CC)OC. The zero-order chi connectivity index (χ0) is 14.8. The molecule has 0 heterocycles. The Labute approximate surface area is 123 Å². The van der Waals surface area contributed by atoms with Crippen molar-refractivity contribution in [2.45, 2.75) is 52.2 Å². The van der Waals surface area contributed by atoms with Gasteiger partial charge in [0.15, 0.2) is 0 Å². The van der Waals surface area contributed by atoms with Crippen molar-refractivity contribution in [1.82, 2.24) is 5.32 Å². The van der Waals surface area contributed by atoms with Gasteiger partial charge in [0.25, 0.3) is 0 Å². The molecular weight excluding hydrogens is 250 g/mol. The third-order valence-corrected chi connectivity index (χ3v) is 3.41. The van der Waals surface area contributed by atoms with Gasteiger partial charge >= 0.3 is 0 Å². The quantitative estimate of drug-likeness (QED) is 0.703. The third-order valence-electron chi connectivity index (χ3n) is 3.41. The molecule has 0 amide bonds. The molecular formula is C17H29NO2. The minimum atomic E-state index is 0.160. The van der Waals surface area contributed by atoms with E-state index in [0.717, 1.165) is 38.2 Å². The van der Waals surface area contributed by atoms with Crippen LogP contribution in [0.25, 0.3) is 0 Å². The number of hydrogen-bond acceptors (Lipinski definition) is 3. The minimum Gasteiger partial charge on any atom is -0.493 e. The second-order valence-corrected chi connectivity index (χ2v) is 5.00. The molecule has 0 fully saturated rings. The highest BCUT2D eigenvalue weighted by Gasteiger charge is 2.23. The molecule has 0 aliphatic carbocycles. The lowest BCUT2D eigenvalue weighted by Crippen LogP contribution is -2.33. The molecule has 1 aromatic rings. The Hall–Kier alpha value is -1.06. The predicted molar refractivity (Wildman–Crippen MR) is 84.4 cm³/mol. The van der Waals surface area contributed by atoms with Crippen LogP contribution >= 0.6 is 0 Å². The maximum atomic E-state index is 5.89. The lowest BCUT2D eigenvalue weighted by molar-refractivity contribution is 0.0640. The van der Waals surface area contributed by atoms with Crippen LogP contribution in [-0.4, -0.2) is 26.4 Å². The average molecular weight is 279 g/mol. The summed E-state index contributed by atoms with van der Waals surface area (Å²) in [4.78, 5) is 0.